The van der Waals surface area contributed by atoms with Gasteiger partial charge in [0.25, 0.3) is 0 Å². The van der Waals surface area contributed by atoms with E-state index in [2.05, 4.69) is 16.5 Å². The number of hydrogen-bond donors (Lipinski definition) is 1. The molecule has 4 aromatic rings. The van der Waals surface area contributed by atoms with Crippen LogP contribution in [0.2, 0.25) is 0 Å². The molecule has 0 aliphatic carbocycles. The van der Waals surface area contributed by atoms with Gasteiger partial charge in [0, 0.05) is 41.5 Å². The van der Waals surface area contributed by atoms with Gasteiger partial charge >= 0.3 is 6.18 Å². The molecular formula is C27H21F5N6OS. The van der Waals surface area contributed by atoms with Gasteiger partial charge in [0.1, 0.15) is 34.5 Å². The second-order valence-electron chi connectivity index (χ2n) is 9.50. The van der Waals surface area contributed by atoms with Crippen LogP contribution in [0.5, 0.6) is 0 Å². The second kappa shape index (κ2) is 9.71. The quantitative estimate of drug-likeness (QED) is 0.243. The summed E-state index contributed by atoms with van der Waals surface area (Å²) in [4.78, 5) is 23.7. The Morgan fingerprint density at radius 3 is 2.60 bits per heavy atom. The van der Waals surface area contributed by atoms with Crippen LogP contribution in [0.3, 0.4) is 0 Å². The van der Waals surface area contributed by atoms with Crippen molar-refractivity contribution in [2.75, 3.05) is 23.7 Å². The molecule has 0 radical (unpaired) electrons. The third-order valence-corrected chi connectivity index (χ3v) is 8.10. The number of carbonyl (C=O) groups excluding carboxylic acids is 1. The SMILES string of the molecule is C=CC(=O)N1C[C@H](C)N(c2ncnc3c(F)c(-c4ccc(F)c5sc(N)c(C#N)c45)c(C(F)(F)F)cc23)C[C@H]1C. The van der Waals surface area contributed by atoms with Crippen molar-refractivity contribution in [2.24, 2.45) is 0 Å². The summed E-state index contributed by atoms with van der Waals surface area (Å²) in [7, 11) is 0. The number of nitrogens with two attached hydrogens (primary N) is 1. The highest BCUT2D eigenvalue weighted by atomic mass is 32.1. The molecule has 2 N–H and O–H groups in total. The van der Waals surface area contributed by atoms with Crippen molar-refractivity contribution in [3.8, 4) is 17.2 Å². The number of alkyl halides is 3. The molecule has 1 saturated heterocycles. The Balaban J connectivity index is 1.78. The molecule has 40 heavy (non-hydrogen) atoms. The van der Waals surface area contributed by atoms with Gasteiger partial charge in [-0.2, -0.15) is 18.4 Å². The van der Waals surface area contributed by atoms with E-state index >= 15 is 4.39 Å². The standard InChI is InChI=1S/C27H21F5N6OS/c1-4-19(39)37-9-13(3)38(10-12(37)2)26-15-7-17(27(30,31)32)21(22(29)23(15)35-11-36-26)14-5-6-18(28)24-20(14)16(8-33)25(34)40-24/h4-7,11-13H,1,9-10,34H2,2-3H3/t12-,13+/m1/s1. The molecular weight excluding hydrogens is 551 g/mol. The Morgan fingerprint density at radius 1 is 1.23 bits per heavy atom. The van der Waals surface area contributed by atoms with Crippen molar-refractivity contribution in [2.45, 2.75) is 32.1 Å². The lowest BCUT2D eigenvalue weighted by Gasteiger charge is -2.44. The Hall–Kier alpha value is -4.31. The average Bonchev–Trinajstić information content (AvgIpc) is 3.26. The van der Waals surface area contributed by atoms with Gasteiger partial charge in [-0.05, 0) is 37.6 Å². The van der Waals surface area contributed by atoms with E-state index in [0.717, 1.165) is 24.5 Å². The van der Waals surface area contributed by atoms with Crippen LogP contribution < -0.4 is 10.6 Å². The number of aromatic nitrogens is 2. The maximum Gasteiger partial charge on any atom is 0.417 e. The molecule has 0 unspecified atom stereocenters. The summed E-state index contributed by atoms with van der Waals surface area (Å²) in [6, 6.07) is 3.78. The van der Waals surface area contributed by atoms with Gasteiger partial charge < -0.3 is 15.5 Å². The van der Waals surface area contributed by atoms with Crippen LogP contribution in [-0.2, 0) is 11.0 Å². The van der Waals surface area contributed by atoms with Crippen LogP contribution in [0.4, 0.5) is 32.8 Å². The largest absolute Gasteiger partial charge is 0.417 e. The highest BCUT2D eigenvalue weighted by Crippen LogP contribution is 2.47. The van der Waals surface area contributed by atoms with E-state index in [0.29, 0.717) is 11.3 Å². The monoisotopic (exact) mass is 572 g/mol. The number of amides is 1. The minimum Gasteiger partial charge on any atom is -0.389 e. The Bertz CT molecular complexity index is 1740. The fourth-order valence-corrected chi connectivity index (χ4v) is 6.17. The predicted molar refractivity (Wildman–Crippen MR) is 143 cm³/mol. The summed E-state index contributed by atoms with van der Waals surface area (Å²) in [5, 5.41) is 9.14. The molecule has 1 fully saturated rings. The molecule has 1 aliphatic heterocycles. The number of fused-ring (bicyclic) bond motifs is 2. The lowest BCUT2D eigenvalue weighted by molar-refractivity contribution is -0.137. The molecule has 13 heteroatoms. The van der Waals surface area contributed by atoms with Crippen molar-refractivity contribution in [1.82, 2.24) is 14.9 Å². The third kappa shape index (κ3) is 4.19. The molecule has 2 aromatic heterocycles. The third-order valence-electron chi connectivity index (χ3n) is 7.07. The average molecular weight is 573 g/mol. The van der Waals surface area contributed by atoms with E-state index in [-0.39, 0.29) is 74.0 Å². The van der Waals surface area contributed by atoms with Gasteiger partial charge in [-0.1, -0.05) is 12.6 Å². The lowest BCUT2D eigenvalue weighted by atomic mass is 9.92. The van der Waals surface area contributed by atoms with E-state index in [9.17, 15) is 27.6 Å². The van der Waals surface area contributed by atoms with E-state index in [1.807, 2.05) is 0 Å². The first kappa shape index (κ1) is 27.3. The van der Waals surface area contributed by atoms with E-state index in [1.54, 1.807) is 29.7 Å². The van der Waals surface area contributed by atoms with Crippen LogP contribution in [0.1, 0.15) is 25.0 Å². The molecule has 206 valence electrons. The molecule has 0 saturated carbocycles. The van der Waals surface area contributed by atoms with Crippen LogP contribution in [0.15, 0.2) is 37.2 Å². The minimum atomic E-state index is -5.04. The smallest absolute Gasteiger partial charge is 0.389 e. The van der Waals surface area contributed by atoms with Gasteiger partial charge in [0.05, 0.1) is 15.8 Å². The van der Waals surface area contributed by atoms with Gasteiger partial charge in [-0.25, -0.2) is 18.7 Å². The molecule has 5 rings (SSSR count). The Labute approximate surface area is 228 Å². The molecule has 3 heterocycles. The molecule has 1 amide bonds. The minimum absolute atomic E-state index is 0.0766. The Morgan fingerprint density at radius 2 is 1.95 bits per heavy atom. The lowest BCUT2D eigenvalue weighted by Crippen LogP contribution is -2.58. The van der Waals surface area contributed by atoms with Crippen molar-refractivity contribution in [1.29, 1.82) is 5.26 Å². The van der Waals surface area contributed by atoms with Crippen LogP contribution in [0.25, 0.3) is 32.1 Å². The Kier molecular flexibility index (Phi) is 6.62. The van der Waals surface area contributed by atoms with Crippen LogP contribution in [0, 0.1) is 23.0 Å². The summed E-state index contributed by atoms with van der Waals surface area (Å²) in [5.74, 6) is -2.30. The van der Waals surface area contributed by atoms with Crippen LogP contribution >= 0.6 is 11.3 Å². The number of rotatable bonds is 3. The molecule has 1 aliphatic rings. The van der Waals surface area contributed by atoms with Gasteiger partial charge in [-0.3, -0.25) is 4.79 Å². The second-order valence-corrected chi connectivity index (χ2v) is 10.6. The number of benzene rings is 2. The zero-order valence-corrected chi connectivity index (χ0v) is 22.0. The molecule has 2 atom stereocenters. The predicted octanol–water partition coefficient (Wildman–Crippen LogP) is 5.87. The molecule has 2 aromatic carbocycles. The number of carbonyl (C=O) groups is 1. The number of halogens is 5. The van der Waals surface area contributed by atoms with Crippen molar-refractivity contribution in [3.63, 3.8) is 0 Å². The van der Waals surface area contributed by atoms with Gasteiger partial charge in [0.2, 0.25) is 5.91 Å². The van der Waals surface area contributed by atoms with Crippen molar-refractivity contribution < 1.29 is 26.7 Å². The first-order valence-corrected chi connectivity index (χ1v) is 12.9. The maximum atomic E-state index is 16.3. The van der Waals surface area contributed by atoms with Crippen LogP contribution in [-0.4, -0.2) is 45.9 Å². The summed E-state index contributed by atoms with van der Waals surface area (Å²) in [6.07, 6.45) is -2.79. The number of thiophene rings is 1. The number of hydrogen-bond acceptors (Lipinski definition) is 7. The fourth-order valence-electron chi connectivity index (χ4n) is 5.22. The molecule has 0 spiro atoms. The number of nitrogens with zero attached hydrogens (tertiary/aromatic N) is 5. The maximum absolute atomic E-state index is 16.3. The first-order valence-electron chi connectivity index (χ1n) is 12.0. The highest BCUT2D eigenvalue weighted by Gasteiger charge is 2.39. The van der Waals surface area contributed by atoms with Gasteiger partial charge in [-0.15, -0.1) is 11.3 Å². The summed E-state index contributed by atoms with van der Waals surface area (Å²) < 4.78 is 74.4. The van der Waals surface area contributed by atoms with Gasteiger partial charge in [0.15, 0.2) is 5.82 Å². The summed E-state index contributed by atoms with van der Waals surface area (Å²) in [5.41, 5.74) is 2.71. The first-order chi connectivity index (χ1) is 18.9. The zero-order chi connectivity index (χ0) is 29.1. The highest BCUT2D eigenvalue weighted by molar-refractivity contribution is 7.23. The number of piperazine rings is 1. The van der Waals surface area contributed by atoms with E-state index in [1.165, 1.54) is 6.08 Å². The van der Waals surface area contributed by atoms with E-state index < -0.39 is 28.9 Å². The van der Waals surface area contributed by atoms with Crippen molar-refractivity contribution in [3.05, 3.63) is 59.9 Å². The van der Waals surface area contributed by atoms with Crippen molar-refractivity contribution >= 4 is 49.1 Å². The zero-order valence-electron chi connectivity index (χ0n) is 21.2. The number of nitriles is 1. The normalized spacial score (nSPS) is 17.9. The number of nitrogen functional groups attached to an aromatic ring is 1. The molecule has 7 nitrogen and oxygen atoms in total. The topological polar surface area (TPSA) is 99.1 Å². The summed E-state index contributed by atoms with van der Waals surface area (Å²) in [6.45, 7) is 7.53. The summed E-state index contributed by atoms with van der Waals surface area (Å²) >= 11 is 0.697. The van der Waals surface area contributed by atoms with E-state index in [4.69, 9.17) is 5.73 Å². The number of anilines is 2. The molecule has 0 bridgehead atoms. The fraction of sp³-hybridized carbons (Fsp3) is 0.259.